The molecule has 0 fully saturated rings. The van der Waals surface area contributed by atoms with E-state index in [0.29, 0.717) is 5.82 Å². The van der Waals surface area contributed by atoms with Gasteiger partial charge in [-0.2, -0.15) is 0 Å². The highest BCUT2D eigenvalue weighted by molar-refractivity contribution is 8.13. The van der Waals surface area contributed by atoms with Crippen LogP contribution in [0, 0.1) is 0 Å². The van der Waals surface area contributed by atoms with Gasteiger partial charge in [-0.15, -0.1) is 10.2 Å². The third kappa shape index (κ3) is 4.76. The van der Waals surface area contributed by atoms with Crippen LogP contribution in [0.4, 0.5) is 0 Å². The van der Waals surface area contributed by atoms with Gasteiger partial charge >= 0.3 is 0 Å². The monoisotopic (exact) mass is 307 g/mol. The molecule has 0 radical (unpaired) electrons. The van der Waals surface area contributed by atoms with Gasteiger partial charge in [-0.3, -0.25) is 4.57 Å². The molecular weight excluding hydrogens is 286 g/mol. The van der Waals surface area contributed by atoms with E-state index in [0.717, 1.165) is 19.3 Å². The average molecular weight is 308 g/mol. The number of aromatic nitrogens is 3. The summed E-state index contributed by atoms with van der Waals surface area (Å²) >= 11 is 0. The van der Waals surface area contributed by atoms with Crippen LogP contribution in [0.3, 0.4) is 0 Å². The smallest absolute Gasteiger partial charge is 0.296 e. The van der Waals surface area contributed by atoms with Gasteiger partial charge < -0.3 is 0 Å². The number of hydrogen-bond acceptors (Lipinski definition) is 4. The van der Waals surface area contributed by atoms with Crippen LogP contribution in [0.25, 0.3) is 0 Å². The minimum Gasteiger partial charge on any atom is -0.298 e. The van der Waals surface area contributed by atoms with E-state index in [-0.39, 0.29) is 11.2 Å². The summed E-state index contributed by atoms with van der Waals surface area (Å²) in [5.74, 6) is 0.700. The van der Waals surface area contributed by atoms with Crippen LogP contribution in [-0.4, -0.2) is 23.2 Å². The van der Waals surface area contributed by atoms with E-state index in [1.807, 2.05) is 13.8 Å². The van der Waals surface area contributed by atoms with Gasteiger partial charge in [0.2, 0.25) is 0 Å². The Morgan fingerprint density at radius 1 is 1.16 bits per heavy atom. The molecule has 0 amide bonds. The highest BCUT2D eigenvalue weighted by Crippen LogP contribution is 2.20. The largest absolute Gasteiger partial charge is 0.298 e. The first-order chi connectivity index (χ1) is 8.88. The Bertz CT molecular complexity index is 497. The first-order valence-electron chi connectivity index (χ1n) is 6.76. The quantitative estimate of drug-likeness (QED) is 0.546. The average Bonchev–Trinajstić information content (AvgIpc) is 2.72. The second-order valence-corrected chi connectivity index (χ2v) is 7.42. The van der Waals surface area contributed by atoms with Crippen molar-refractivity contribution in [2.24, 2.45) is 0 Å². The molecule has 0 N–H and O–H groups in total. The molecule has 110 valence electrons. The van der Waals surface area contributed by atoms with E-state index in [4.69, 9.17) is 10.7 Å². The fraction of sp³-hybridized carbons (Fsp3) is 0.833. The van der Waals surface area contributed by atoms with Crippen molar-refractivity contribution < 1.29 is 8.42 Å². The Labute approximate surface area is 119 Å². The fourth-order valence-electron chi connectivity index (χ4n) is 2.05. The molecule has 5 nitrogen and oxygen atoms in total. The van der Waals surface area contributed by atoms with Crippen molar-refractivity contribution in [1.29, 1.82) is 0 Å². The molecule has 1 aromatic heterocycles. The summed E-state index contributed by atoms with van der Waals surface area (Å²) in [4.78, 5) is 0. The number of aryl methyl sites for hydroxylation is 1. The predicted molar refractivity (Wildman–Crippen MR) is 75.9 cm³/mol. The standard InChI is InChI=1S/C12H22ClN3O2S/c1-4-5-6-7-8-9-11-14-15-12(19(13,17)18)16(11)10(2)3/h10H,4-9H2,1-3H3. The lowest BCUT2D eigenvalue weighted by Crippen LogP contribution is -2.12. The molecule has 0 bridgehead atoms. The number of hydrogen-bond donors (Lipinski definition) is 0. The summed E-state index contributed by atoms with van der Waals surface area (Å²) in [6.45, 7) is 5.97. The van der Waals surface area contributed by atoms with E-state index in [1.165, 1.54) is 19.3 Å². The Morgan fingerprint density at radius 2 is 1.79 bits per heavy atom. The topological polar surface area (TPSA) is 64.8 Å². The summed E-state index contributed by atoms with van der Waals surface area (Å²) in [7, 11) is 1.54. The Kier molecular flexibility index (Phi) is 6.26. The predicted octanol–water partition coefficient (Wildman–Crippen LogP) is 3.30. The summed E-state index contributed by atoms with van der Waals surface area (Å²) in [5.41, 5.74) is 0. The molecule has 0 aliphatic rings. The Hall–Kier alpha value is -0.620. The highest BCUT2D eigenvalue weighted by Gasteiger charge is 2.23. The van der Waals surface area contributed by atoms with Gasteiger partial charge in [0.05, 0.1) is 0 Å². The molecule has 0 atom stereocenters. The van der Waals surface area contributed by atoms with Crippen molar-refractivity contribution in [3.63, 3.8) is 0 Å². The van der Waals surface area contributed by atoms with E-state index in [2.05, 4.69) is 17.1 Å². The lowest BCUT2D eigenvalue weighted by Gasteiger charge is -2.12. The molecule has 0 saturated carbocycles. The number of halogens is 1. The van der Waals surface area contributed by atoms with Crippen LogP contribution in [0.2, 0.25) is 0 Å². The van der Waals surface area contributed by atoms with Gasteiger partial charge in [-0.25, -0.2) is 8.42 Å². The molecule has 0 aliphatic heterocycles. The van der Waals surface area contributed by atoms with Crippen LogP contribution >= 0.6 is 10.7 Å². The zero-order chi connectivity index (χ0) is 14.5. The lowest BCUT2D eigenvalue weighted by atomic mass is 10.1. The summed E-state index contributed by atoms with van der Waals surface area (Å²) in [6.07, 6.45) is 6.50. The molecule has 0 saturated heterocycles. The SMILES string of the molecule is CCCCCCCc1nnc(S(=O)(=O)Cl)n1C(C)C. The van der Waals surface area contributed by atoms with Crippen molar-refractivity contribution in [1.82, 2.24) is 14.8 Å². The van der Waals surface area contributed by atoms with Crippen molar-refractivity contribution in [3.05, 3.63) is 5.82 Å². The molecule has 0 aliphatic carbocycles. The van der Waals surface area contributed by atoms with Gasteiger partial charge in [-0.05, 0) is 20.3 Å². The first-order valence-corrected chi connectivity index (χ1v) is 9.07. The van der Waals surface area contributed by atoms with Crippen LogP contribution in [0.5, 0.6) is 0 Å². The van der Waals surface area contributed by atoms with Gasteiger partial charge in [-0.1, -0.05) is 32.6 Å². The maximum Gasteiger partial charge on any atom is 0.296 e. The van der Waals surface area contributed by atoms with E-state index >= 15 is 0 Å². The van der Waals surface area contributed by atoms with E-state index in [1.54, 1.807) is 4.57 Å². The third-order valence-corrected chi connectivity index (χ3v) is 4.10. The zero-order valence-electron chi connectivity index (χ0n) is 11.8. The molecular formula is C12H22ClN3O2S. The van der Waals surface area contributed by atoms with Gasteiger partial charge in [0.1, 0.15) is 5.82 Å². The van der Waals surface area contributed by atoms with Crippen LogP contribution in [0.1, 0.15) is 64.7 Å². The minimum absolute atomic E-state index is 0.0239. The highest BCUT2D eigenvalue weighted by atomic mass is 35.7. The summed E-state index contributed by atoms with van der Waals surface area (Å²) in [5, 5.41) is 7.54. The second kappa shape index (κ2) is 7.24. The zero-order valence-corrected chi connectivity index (χ0v) is 13.3. The van der Waals surface area contributed by atoms with Crippen LogP contribution < -0.4 is 0 Å². The van der Waals surface area contributed by atoms with Gasteiger partial charge in [0.25, 0.3) is 14.2 Å². The van der Waals surface area contributed by atoms with Gasteiger partial charge in [0.15, 0.2) is 0 Å². The number of rotatable bonds is 8. The van der Waals surface area contributed by atoms with E-state index in [9.17, 15) is 8.42 Å². The number of nitrogens with zero attached hydrogens (tertiary/aromatic N) is 3. The molecule has 1 aromatic rings. The molecule has 1 rings (SSSR count). The minimum atomic E-state index is -3.84. The van der Waals surface area contributed by atoms with Crippen molar-refractivity contribution >= 4 is 19.7 Å². The number of unbranched alkanes of at least 4 members (excludes halogenated alkanes) is 4. The van der Waals surface area contributed by atoms with Crippen molar-refractivity contribution in [3.8, 4) is 0 Å². The Morgan fingerprint density at radius 3 is 2.32 bits per heavy atom. The maximum absolute atomic E-state index is 11.4. The molecule has 7 heteroatoms. The molecule has 0 unspecified atom stereocenters. The third-order valence-electron chi connectivity index (χ3n) is 2.97. The first kappa shape index (κ1) is 16.4. The molecule has 0 aromatic carbocycles. The van der Waals surface area contributed by atoms with E-state index < -0.39 is 9.05 Å². The summed E-state index contributed by atoms with van der Waals surface area (Å²) < 4.78 is 24.5. The van der Waals surface area contributed by atoms with Crippen molar-refractivity contribution in [2.45, 2.75) is 70.5 Å². The van der Waals surface area contributed by atoms with Crippen LogP contribution in [0.15, 0.2) is 5.16 Å². The Balaban J connectivity index is 2.76. The summed E-state index contributed by atoms with van der Waals surface area (Å²) in [6, 6.07) is -0.0239. The fourth-order valence-corrected chi connectivity index (χ4v) is 3.05. The maximum atomic E-state index is 11.4. The molecule has 1 heterocycles. The lowest BCUT2D eigenvalue weighted by molar-refractivity contribution is 0.501. The van der Waals surface area contributed by atoms with Crippen molar-refractivity contribution in [2.75, 3.05) is 0 Å². The van der Waals surface area contributed by atoms with Crippen LogP contribution in [-0.2, 0) is 15.5 Å². The van der Waals surface area contributed by atoms with Gasteiger partial charge in [0, 0.05) is 23.1 Å². The molecule has 19 heavy (non-hydrogen) atoms. The second-order valence-electron chi connectivity index (χ2n) is 4.96. The molecule has 0 spiro atoms. The normalized spacial score (nSPS) is 12.3.